The summed E-state index contributed by atoms with van der Waals surface area (Å²) >= 11 is 11.8. The van der Waals surface area contributed by atoms with Crippen LogP contribution in [0.25, 0.3) is 0 Å². The van der Waals surface area contributed by atoms with E-state index < -0.39 is 6.04 Å². The molecule has 0 saturated carbocycles. The van der Waals surface area contributed by atoms with E-state index in [2.05, 4.69) is 5.32 Å². The summed E-state index contributed by atoms with van der Waals surface area (Å²) in [6.45, 7) is 0.495. The van der Waals surface area contributed by atoms with E-state index in [1.807, 2.05) is 6.07 Å². The molecule has 7 heteroatoms. The number of carbonyl (C=O) groups is 2. The Morgan fingerprint density at radius 1 is 1.33 bits per heavy atom. The predicted octanol–water partition coefficient (Wildman–Crippen LogP) is 2.84. The molecule has 1 aromatic carbocycles. The molecular formula is C14H13Cl2N3O2. The van der Waals surface area contributed by atoms with E-state index in [4.69, 9.17) is 28.5 Å². The normalized spacial score (nSPS) is 17.4. The third-order valence-electron chi connectivity index (χ3n) is 3.24. The van der Waals surface area contributed by atoms with Crippen LogP contribution in [0.5, 0.6) is 0 Å². The molecule has 1 heterocycles. The number of halogens is 2. The predicted molar refractivity (Wildman–Crippen MR) is 80.1 cm³/mol. The Kier molecular flexibility index (Phi) is 5.05. The molecular weight excluding hydrogens is 313 g/mol. The number of nitrogens with one attached hydrogen (secondary N) is 1. The van der Waals surface area contributed by atoms with E-state index in [0.29, 0.717) is 28.7 Å². The average molecular weight is 326 g/mol. The summed E-state index contributed by atoms with van der Waals surface area (Å²) in [5.41, 5.74) is 0.483. The van der Waals surface area contributed by atoms with Crippen molar-refractivity contribution in [2.75, 3.05) is 11.9 Å². The van der Waals surface area contributed by atoms with Crippen LogP contribution in [0.15, 0.2) is 18.2 Å². The van der Waals surface area contributed by atoms with E-state index >= 15 is 0 Å². The van der Waals surface area contributed by atoms with Crippen molar-refractivity contribution in [3.63, 3.8) is 0 Å². The first kappa shape index (κ1) is 15.6. The summed E-state index contributed by atoms with van der Waals surface area (Å²) in [6, 6.07) is 6.00. The number of benzene rings is 1. The minimum Gasteiger partial charge on any atom is -0.330 e. The van der Waals surface area contributed by atoms with Crippen LogP contribution in [0.3, 0.4) is 0 Å². The number of hydrogen-bond acceptors (Lipinski definition) is 3. The second kappa shape index (κ2) is 6.79. The summed E-state index contributed by atoms with van der Waals surface area (Å²) in [4.78, 5) is 25.5. The van der Waals surface area contributed by atoms with Crippen molar-refractivity contribution >= 4 is 40.7 Å². The van der Waals surface area contributed by atoms with E-state index in [1.54, 1.807) is 18.2 Å². The number of nitrogens with zero attached hydrogens (tertiary/aromatic N) is 2. The van der Waals surface area contributed by atoms with Gasteiger partial charge in [0.15, 0.2) is 0 Å². The Hall–Kier alpha value is -1.77. The number of anilines is 1. The Bertz CT molecular complexity index is 592. The summed E-state index contributed by atoms with van der Waals surface area (Å²) in [5.74, 6) is -0.614. The molecule has 110 valence electrons. The molecule has 1 aliphatic rings. The summed E-state index contributed by atoms with van der Waals surface area (Å²) in [5, 5.41) is 12.1. The maximum absolute atomic E-state index is 12.3. The lowest BCUT2D eigenvalue weighted by Crippen LogP contribution is -2.43. The van der Waals surface area contributed by atoms with Gasteiger partial charge in [0.2, 0.25) is 11.8 Å². The molecule has 1 aromatic rings. The topological polar surface area (TPSA) is 73.2 Å². The van der Waals surface area contributed by atoms with E-state index in [9.17, 15) is 9.59 Å². The van der Waals surface area contributed by atoms with Gasteiger partial charge in [0.1, 0.15) is 12.5 Å². The lowest BCUT2D eigenvalue weighted by atomic mass is 10.2. The van der Waals surface area contributed by atoms with Gasteiger partial charge in [0.25, 0.3) is 0 Å². The van der Waals surface area contributed by atoms with Crippen molar-refractivity contribution in [3.05, 3.63) is 28.2 Å². The highest BCUT2D eigenvalue weighted by atomic mass is 35.5. The van der Waals surface area contributed by atoms with Gasteiger partial charge in [-0.05, 0) is 31.0 Å². The fourth-order valence-electron chi connectivity index (χ4n) is 2.36. The van der Waals surface area contributed by atoms with Gasteiger partial charge in [-0.15, -0.1) is 0 Å². The lowest BCUT2D eigenvalue weighted by molar-refractivity contribution is -0.135. The van der Waals surface area contributed by atoms with Crippen LogP contribution in [0.2, 0.25) is 10.0 Å². The van der Waals surface area contributed by atoms with Gasteiger partial charge in [0.05, 0.1) is 6.07 Å². The van der Waals surface area contributed by atoms with Crippen LogP contribution in [0.4, 0.5) is 5.69 Å². The second-order valence-corrected chi connectivity index (χ2v) is 5.60. The molecule has 1 atom stereocenters. The molecule has 0 spiro atoms. The molecule has 0 aromatic heterocycles. The summed E-state index contributed by atoms with van der Waals surface area (Å²) < 4.78 is 0. The Labute approximate surface area is 132 Å². The highest BCUT2D eigenvalue weighted by molar-refractivity contribution is 6.35. The van der Waals surface area contributed by atoms with Gasteiger partial charge in [-0.25, -0.2) is 0 Å². The lowest BCUT2D eigenvalue weighted by Gasteiger charge is -2.23. The van der Waals surface area contributed by atoms with Crippen LogP contribution in [-0.4, -0.2) is 29.3 Å². The Balaban J connectivity index is 2.08. The highest BCUT2D eigenvalue weighted by Gasteiger charge is 2.33. The number of carbonyl (C=O) groups excluding carboxylic acids is 2. The average Bonchev–Trinajstić information content (AvgIpc) is 2.86. The molecule has 1 N–H and O–H groups in total. The van der Waals surface area contributed by atoms with E-state index in [1.165, 1.54) is 4.90 Å². The van der Waals surface area contributed by atoms with Crippen molar-refractivity contribution in [3.8, 4) is 6.07 Å². The molecule has 1 unspecified atom stereocenters. The van der Waals surface area contributed by atoms with Crippen molar-refractivity contribution < 1.29 is 9.59 Å². The summed E-state index contributed by atoms with van der Waals surface area (Å²) in [7, 11) is 0. The minimum absolute atomic E-state index is 0.216. The zero-order valence-electron chi connectivity index (χ0n) is 11.1. The van der Waals surface area contributed by atoms with E-state index in [0.717, 1.165) is 6.42 Å². The fraction of sp³-hybridized carbons (Fsp3) is 0.357. The second-order valence-electron chi connectivity index (χ2n) is 4.73. The van der Waals surface area contributed by atoms with Crippen LogP contribution in [0, 0.1) is 11.3 Å². The van der Waals surface area contributed by atoms with Crippen LogP contribution in [0.1, 0.15) is 19.3 Å². The van der Waals surface area contributed by atoms with E-state index in [-0.39, 0.29) is 18.2 Å². The fourth-order valence-corrected chi connectivity index (χ4v) is 2.88. The largest absolute Gasteiger partial charge is 0.330 e. The standard InChI is InChI=1S/C14H13Cl2N3O2/c15-9-6-10(16)8-11(7-9)18-14(21)12-2-1-5-19(12)13(20)3-4-17/h6-8,12H,1-3,5H2,(H,18,21). The molecule has 0 radical (unpaired) electrons. The molecule has 0 aliphatic carbocycles. The first-order valence-electron chi connectivity index (χ1n) is 6.44. The Morgan fingerprint density at radius 3 is 2.62 bits per heavy atom. The van der Waals surface area contributed by atoms with Gasteiger partial charge in [-0.3, -0.25) is 9.59 Å². The van der Waals surface area contributed by atoms with Crippen molar-refractivity contribution in [2.24, 2.45) is 0 Å². The van der Waals surface area contributed by atoms with Crippen molar-refractivity contribution in [1.29, 1.82) is 5.26 Å². The SMILES string of the molecule is N#CCC(=O)N1CCCC1C(=O)Nc1cc(Cl)cc(Cl)c1. The zero-order valence-corrected chi connectivity index (χ0v) is 12.6. The monoisotopic (exact) mass is 325 g/mol. The summed E-state index contributed by atoms with van der Waals surface area (Å²) in [6.07, 6.45) is 1.11. The number of likely N-dealkylation sites (tertiary alicyclic amines) is 1. The first-order valence-corrected chi connectivity index (χ1v) is 7.20. The molecule has 21 heavy (non-hydrogen) atoms. The van der Waals surface area contributed by atoms with Crippen molar-refractivity contribution in [2.45, 2.75) is 25.3 Å². The molecule has 1 saturated heterocycles. The van der Waals surface area contributed by atoms with Crippen LogP contribution in [-0.2, 0) is 9.59 Å². The number of hydrogen-bond donors (Lipinski definition) is 1. The first-order chi connectivity index (χ1) is 10.0. The molecule has 2 rings (SSSR count). The highest BCUT2D eigenvalue weighted by Crippen LogP contribution is 2.24. The Morgan fingerprint density at radius 2 is 2.00 bits per heavy atom. The minimum atomic E-state index is -0.552. The van der Waals surface area contributed by atoms with Gasteiger partial charge in [0, 0.05) is 22.3 Å². The molecule has 1 aliphatic heterocycles. The smallest absolute Gasteiger partial charge is 0.247 e. The number of nitriles is 1. The molecule has 0 bridgehead atoms. The molecule has 1 fully saturated rings. The van der Waals surface area contributed by atoms with Gasteiger partial charge in [-0.2, -0.15) is 5.26 Å². The zero-order chi connectivity index (χ0) is 15.4. The van der Waals surface area contributed by atoms with Gasteiger partial charge >= 0.3 is 0 Å². The maximum atomic E-state index is 12.3. The molecule has 2 amide bonds. The van der Waals surface area contributed by atoms with Gasteiger partial charge in [-0.1, -0.05) is 23.2 Å². The van der Waals surface area contributed by atoms with Crippen LogP contribution >= 0.6 is 23.2 Å². The number of rotatable bonds is 3. The van der Waals surface area contributed by atoms with Gasteiger partial charge < -0.3 is 10.2 Å². The molecule has 5 nitrogen and oxygen atoms in total. The van der Waals surface area contributed by atoms with Crippen molar-refractivity contribution in [1.82, 2.24) is 4.90 Å². The number of amides is 2. The third-order valence-corrected chi connectivity index (χ3v) is 3.67. The van der Waals surface area contributed by atoms with Crippen LogP contribution < -0.4 is 5.32 Å². The third kappa shape index (κ3) is 3.87. The quantitative estimate of drug-likeness (QED) is 0.928. The maximum Gasteiger partial charge on any atom is 0.247 e.